The molecule has 1 amide bonds. The van der Waals surface area contributed by atoms with E-state index in [1.807, 2.05) is 12.1 Å². The summed E-state index contributed by atoms with van der Waals surface area (Å²) in [6.07, 6.45) is 2.66. The number of amides is 1. The highest BCUT2D eigenvalue weighted by Gasteiger charge is 2.22. The average Bonchev–Trinajstić information content (AvgIpc) is 2.65. The van der Waals surface area contributed by atoms with E-state index in [1.165, 1.54) is 12.8 Å². The normalized spacial score (nSPS) is 17.8. The summed E-state index contributed by atoms with van der Waals surface area (Å²) in [5, 5.41) is 3.09. The topological polar surface area (TPSA) is 60.0 Å². The number of carbonyl (C=O) groups excluding carboxylic acids is 1. The standard InChI is InChI=1S/C20H32N2O4/c1-14(2)22-8-6-7-15(13-22)12-21-19(23)11-16-9-17(24-3)20(26-5)18(10-16)25-4/h9-10,14-15H,6-8,11-13H2,1-5H3,(H,21,23)/t15-/m1/s1. The largest absolute Gasteiger partial charge is 0.493 e. The molecular formula is C20H32N2O4. The number of hydrogen-bond donors (Lipinski definition) is 1. The Labute approximate surface area is 156 Å². The average molecular weight is 364 g/mol. The Morgan fingerprint density at radius 2 is 1.85 bits per heavy atom. The highest BCUT2D eigenvalue weighted by atomic mass is 16.5. The number of nitrogens with zero attached hydrogens (tertiary/aromatic N) is 1. The van der Waals surface area contributed by atoms with E-state index in [2.05, 4.69) is 24.1 Å². The van der Waals surface area contributed by atoms with Crippen molar-refractivity contribution in [1.29, 1.82) is 0 Å². The van der Waals surface area contributed by atoms with Crippen molar-refractivity contribution in [3.8, 4) is 17.2 Å². The van der Waals surface area contributed by atoms with Crippen LogP contribution < -0.4 is 19.5 Å². The SMILES string of the molecule is COc1cc(CC(=O)NC[C@H]2CCCN(C(C)C)C2)cc(OC)c1OC. The highest BCUT2D eigenvalue weighted by Crippen LogP contribution is 2.38. The summed E-state index contributed by atoms with van der Waals surface area (Å²) < 4.78 is 16.0. The molecule has 0 saturated carbocycles. The summed E-state index contributed by atoms with van der Waals surface area (Å²) in [4.78, 5) is 14.9. The van der Waals surface area contributed by atoms with Gasteiger partial charge >= 0.3 is 0 Å². The van der Waals surface area contributed by atoms with Gasteiger partial charge in [0.2, 0.25) is 11.7 Å². The van der Waals surface area contributed by atoms with Crippen LogP contribution in [0, 0.1) is 5.92 Å². The second kappa shape index (κ2) is 9.67. The second-order valence-corrected chi connectivity index (χ2v) is 7.11. The molecule has 1 atom stereocenters. The molecular weight excluding hydrogens is 332 g/mol. The summed E-state index contributed by atoms with van der Waals surface area (Å²) in [6, 6.07) is 4.21. The number of likely N-dealkylation sites (tertiary alicyclic amines) is 1. The molecule has 1 fully saturated rings. The molecule has 0 radical (unpaired) electrons. The zero-order chi connectivity index (χ0) is 19.1. The summed E-state index contributed by atoms with van der Waals surface area (Å²) in [5.41, 5.74) is 0.837. The highest BCUT2D eigenvalue weighted by molar-refractivity contribution is 5.79. The summed E-state index contributed by atoms with van der Waals surface area (Å²) in [6.45, 7) is 7.40. The lowest BCUT2D eigenvalue weighted by Gasteiger charge is -2.35. The van der Waals surface area contributed by atoms with Gasteiger partial charge in [0, 0.05) is 19.1 Å². The van der Waals surface area contributed by atoms with E-state index in [0.29, 0.717) is 29.2 Å². The van der Waals surface area contributed by atoms with Crippen molar-refractivity contribution in [2.24, 2.45) is 5.92 Å². The van der Waals surface area contributed by atoms with Gasteiger partial charge in [0.05, 0.1) is 27.8 Å². The Morgan fingerprint density at radius 3 is 2.38 bits per heavy atom. The second-order valence-electron chi connectivity index (χ2n) is 7.11. The van der Waals surface area contributed by atoms with E-state index in [0.717, 1.165) is 25.2 Å². The van der Waals surface area contributed by atoms with Gasteiger partial charge in [0.25, 0.3) is 0 Å². The molecule has 0 aromatic heterocycles. The van der Waals surface area contributed by atoms with Crippen LogP contribution in [0.4, 0.5) is 0 Å². The number of rotatable bonds is 8. The van der Waals surface area contributed by atoms with E-state index in [-0.39, 0.29) is 12.3 Å². The molecule has 0 aliphatic carbocycles. The molecule has 1 aliphatic rings. The van der Waals surface area contributed by atoms with Crippen LogP contribution in [0.5, 0.6) is 17.2 Å². The molecule has 6 nitrogen and oxygen atoms in total. The molecule has 26 heavy (non-hydrogen) atoms. The van der Waals surface area contributed by atoms with Gasteiger partial charge in [-0.2, -0.15) is 0 Å². The van der Waals surface area contributed by atoms with Gasteiger partial charge in [-0.05, 0) is 56.8 Å². The van der Waals surface area contributed by atoms with Gasteiger partial charge in [-0.3, -0.25) is 4.79 Å². The molecule has 1 aliphatic heterocycles. The van der Waals surface area contributed by atoms with E-state index in [1.54, 1.807) is 21.3 Å². The zero-order valence-electron chi connectivity index (χ0n) is 16.6. The van der Waals surface area contributed by atoms with Crippen molar-refractivity contribution in [1.82, 2.24) is 10.2 Å². The maximum absolute atomic E-state index is 12.4. The van der Waals surface area contributed by atoms with Crippen LogP contribution in [0.3, 0.4) is 0 Å². The van der Waals surface area contributed by atoms with Crippen molar-refractivity contribution in [2.45, 2.75) is 39.2 Å². The fourth-order valence-corrected chi connectivity index (χ4v) is 3.48. The monoisotopic (exact) mass is 364 g/mol. The minimum atomic E-state index is 0.0148. The van der Waals surface area contributed by atoms with Crippen LogP contribution >= 0.6 is 0 Å². The number of benzene rings is 1. The van der Waals surface area contributed by atoms with Crippen LogP contribution in [0.15, 0.2) is 12.1 Å². The van der Waals surface area contributed by atoms with Crippen LogP contribution in [-0.2, 0) is 11.2 Å². The molecule has 0 unspecified atom stereocenters. The molecule has 0 spiro atoms. The van der Waals surface area contributed by atoms with Crippen LogP contribution in [0.25, 0.3) is 0 Å². The molecule has 1 aromatic carbocycles. The van der Waals surface area contributed by atoms with Crippen molar-refractivity contribution in [3.63, 3.8) is 0 Å². The first kappa shape index (κ1) is 20.4. The van der Waals surface area contributed by atoms with Crippen LogP contribution in [-0.4, -0.2) is 57.8 Å². The lowest BCUT2D eigenvalue weighted by molar-refractivity contribution is -0.120. The first-order valence-corrected chi connectivity index (χ1v) is 9.28. The number of piperidine rings is 1. The Kier molecular flexibility index (Phi) is 7.57. The molecule has 1 N–H and O–H groups in total. The molecule has 1 heterocycles. The molecule has 0 bridgehead atoms. The summed E-state index contributed by atoms with van der Waals surface area (Å²) in [7, 11) is 4.72. The van der Waals surface area contributed by atoms with Crippen molar-refractivity contribution in [3.05, 3.63) is 17.7 Å². The fraction of sp³-hybridized carbons (Fsp3) is 0.650. The minimum absolute atomic E-state index is 0.0148. The van der Waals surface area contributed by atoms with Gasteiger partial charge in [0.15, 0.2) is 11.5 Å². The molecule has 6 heteroatoms. The Bertz CT molecular complexity index is 578. The predicted molar refractivity (Wildman–Crippen MR) is 102 cm³/mol. The Morgan fingerprint density at radius 1 is 1.19 bits per heavy atom. The number of nitrogens with one attached hydrogen (secondary N) is 1. The third-order valence-corrected chi connectivity index (χ3v) is 4.96. The molecule has 146 valence electrons. The van der Waals surface area contributed by atoms with Crippen molar-refractivity contribution in [2.75, 3.05) is 41.0 Å². The number of methoxy groups -OCH3 is 3. The Balaban J connectivity index is 1.93. The maximum Gasteiger partial charge on any atom is 0.224 e. The first-order valence-electron chi connectivity index (χ1n) is 9.28. The van der Waals surface area contributed by atoms with Gasteiger partial charge in [-0.1, -0.05) is 0 Å². The van der Waals surface area contributed by atoms with Gasteiger partial charge < -0.3 is 24.4 Å². The first-order chi connectivity index (χ1) is 12.5. The van der Waals surface area contributed by atoms with E-state index >= 15 is 0 Å². The molecule has 1 saturated heterocycles. The molecule has 2 rings (SSSR count). The number of ether oxygens (including phenoxy) is 3. The summed E-state index contributed by atoms with van der Waals surface area (Å²) in [5.74, 6) is 2.20. The van der Waals surface area contributed by atoms with Crippen molar-refractivity contribution < 1.29 is 19.0 Å². The quantitative estimate of drug-likeness (QED) is 0.768. The third kappa shape index (κ3) is 5.27. The lowest BCUT2D eigenvalue weighted by atomic mass is 9.97. The lowest BCUT2D eigenvalue weighted by Crippen LogP contribution is -2.43. The zero-order valence-corrected chi connectivity index (χ0v) is 16.6. The van der Waals surface area contributed by atoms with E-state index < -0.39 is 0 Å². The molecule has 1 aromatic rings. The fourth-order valence-electron chi connectivity index (χ4n) is 3.48. The Hall–Kier alpha value is -1.95. The van der Waals surface area contributed by atoms with Gasteiger partial charge in [-0.15, -0.1) is 0 Å². The maximum atomic E-state index is 12.4. The van der Waals surface area contributed by atoms with E-state index in [4.69, 9.17) is 14.2 Å². The summed E-state index contributed by atoms with van der Waals surface area (Å²) >= 11 is 0. The van der Waals surface area contributed by atoms with Crippen LogP contribution in [0.2, 0.25) is 0 Å². The van der Waals surface area contributed by atoms with Gasteiger partial charge in [-0.25, -0.2) is 0 Å². The van der Waals surface area contributed by atoms with Gasteiger partial charge in [0.1, 0.15) is 0 Å². The van der Waals surface area contributed by atoms with E-state index in [9.17, 15) is 4.79 Å². The number of hydrogen-bond acceptors (Lipinski definition) is 5. The predicted octanol–water partition coefficient (Wildman–Crippen LogP) is 2.49. The minimum Gasteiger partial charge on any atom is -0.493 e. The number of carbonyl (C=O) groups is 1. The van der Waals surface area contributed by atoms with Crippen LogP contribution in [0.1, 0.15) is 32.3 Å². The smallest absolute Gasteiger partial charge is 0.224 e. The van der Waals surface area contributed by atoms with Crippen molar-refractivity contribution >= 4 is 5.91 Å². The third-order valence-electron chi connectivity index (χ3n) is 4.96.